The molecule has 6 aliphatic rings. The van der Waals surface area contributed by atoms with E-state index in [0.717, 1.165) is 30.4 Å². The minimum atomic E-state index is -0.725. The Morgan fingerprint density at radius 2 is 1.91 bits per heavy atom. The van der Waals surface area contributed by atoms with E-state index in [9.17, 15) is 14.4 Å². The van der Waals surface area contributed by atoms with Gasteiger partial charge < -0.3 is 19.1 Å². The summed E-state index contributed by atoms with van der Waals surface area (Å²) in [6, 6.07) is 3.85. The molecule has 1 aromatic rings. The number of carbonyl (C=O) groups is 3. The van der Waals surface area contributed by atoms with Crippen molar-refractivity contribution in [3.05, 3.63) is 23.3 Å². The number of Topliss-reactive ketones (excluding diaryl/α,β-unsaturated/α-hetero) is 1. The van der Waals surface area contributed by atoms with E-state index < -0.39 is 11.6 Å². The molecule has 2 spiro atoms. The lowest BCUT2D eigenvalue weighted by Gasteiger charge is -2.73. The van der Waals surface area contributed by atoms with Gasteiger partial charge in [0.2, 0.25) is 5.91 Å². The van der Waals surface area contributed by atoms with Crippen molar-refractivity contribution in [3.63, 3.8) is 0 Å². The number of likely N-dealkylation sites (tertiary alicyclic amines) is 1. The number of carbonyl (C=O) groups excluding carboxylic acids is 3. The number of benzene rings is 1. The molecular weight excluding hydrogens is 410 g/mol. The Kier molecular flexibility index (Phi) is 3.87. The Balaban J connectivity index is 1.66. The molecule has 7 rings (SSSR count). The number of rotatable bonds is 3. The minimum absolute atomic E-state index is 0.0230. The number of esters is 1. The zero-order valence-electron chi connectivity index (χ0n) is 19.0. The van der Waals surface area contributed by atoms with E-state index >= 15 is 0 Å². The molecule has 1 saturated heterocycles. The maximum Gasteiger partial charge on any atom is 0.308 e. The Bertz CT molecular complexity index is 1080. The second-order valence-corrected chi connectivity index (χ2v) is 10.4. The van der Waals surface area contributed by atoms with Crippen LogP contribution in [-0.4, -0.2) is 54.0 Å². The van der Waals surface area contributed by atoms with Crippen LogP contribution >= 0.6 is 0 Å². The third-order valence-electron chi connectivity index (χ3n) is 9.49. The molecule has 4 bridgehead atoms. The van der Waals surface area contributed by atoms with E-state index in [1.165, 1.54) is 6.92 Å². The highest BCUT2D eigenvalue weighted by molar-refractivity contribution is 5.82. The number of methoxy groups -OCH3 is 1. The summed E-state index contributed by atoms with van der Waals surface area (Å²) in [6.07, 6.45) is 3.43. The summed E-state index contributed by atoms with van der Waals surface area (Å²) in [4.78, 5) is 39.5. The van der Waals surface area contributed by atoms with Crippen LogP contribution in [0, 0.1) is 11.3 Å². The van der Waals surface area contributed by atoms with Gasteiger partial charge in [-0.25, -0.2) is 0 Å². The van der Waals surface area contributed by atoms with E-state index in [-0.39, 0.29) is 40.6 Å². The third kappa shape index (κ3) is 2.01. The number of amides is 1. The molecule has 32 heavy (non-hydrogen) atoms. The lowest BCUT2D eigenvalue weighted by molar-refractivity contribution is -0.269. The second kappa shape index (κ2) is 6.13. The number of piperidine rings is 1. The Morgan fingerprint density at radius 3 is 2.56 bits per heavy atom. The quantitative estimate of drug-likeness (QED) is 0.532. The van der Waals surface area contributed by atoms with Crippen LogP contribution < -0.4 is 9.47 Å². The van der Waals surface area contributed by atoms with Crippen LogP contribution in [0.15, 0.2) is 12.1 Å². The summed E-state index contributed by atoms with van der Waals surface area (Å²) < 4.78 is 18.6. The fourth-order valence-corrected chi connectivity index (χ4v) is 8.53. The first-order valence-electron chi connectivity index (χ1n) is 11.6. The van der Waals surface area contributed by atoms with Crippen molar-refractivity contribution in [2.75, 3.05) is 13.7 Å². The number of hydrogen-bond donors (Lipinski definition) is 0. The van der Waals surface area contributed by atoms with Crippen molar-refractivity contribution in [2.24, 2.45) is 11.3 Å². The number of ether oxygens (including phenoxy) is 3. The first-order chi connectivity index (χ1) is 15.2. The molecule has 2 heterocycles. The van der Waals surface area contributed by atoms with E-state index in [1.807, 2.05) is 11.0 Å². The fraction of sp³-hybridized carbons (Fsp3) is 0.640. The van der Waals surface area contributed by atoms with Crippen molar-refractivity contribution in [1.82, 2.24) is 4.90 Å². The molecule has 170 valence electrons. The van der Waals surface area contributed by atoms with E-state index in [2.05, 4.69) is 0 Å². The van der Waals surface area contributed by atoms with Gasteiger partial charge in [0.25, 0.3) is 0 Å². The highest BCUT2D eigenvalue weighted by atomic mass is 16.6. The first-order valence-corrected chi connectivity index (χ1v) is 11.6. The number of ketones is 1. The van der Waals surface area contributed by atoms with Gasteiger partial charge in [-0.2, -0.15) is 0 Å². The van der Waals surface area contributed by atoms with Gasteiger partial charge >= 0.3 is 5.97 Å². The van der Waals surface area contributed by atoms with Gasteiger partial charge in [-0.05, 0) is 50.7 Å². The molecule has 6 atom stereocenters. The predicted molar refractivity (Wildman–Crippen MR) is 114 cm³/mol. The molecule has 7 nitrogen and oxygen atoms in total. The number of hydrogen-bond acceptors (Lipinski definition) is 6. The van der Waals surface area contributed by atoms with Crippen molar-refractivity contribution >= 4 is 17.7 Å². The SMILES string of the molecule is CO[C@@]12CC[C@]3(C[C@H]1C(C)=O)[C@H]1Cc4ccc(OC(C)=O)c5c4[C@]3(CCN1C(C)=O)[C@@H]2O5. The summed E-state index contributed by atoms with van der Waals surface area (Å²) in [7, 11) is 1.69. The molecule has 0 radical (unpaired) electrons. The van der Waals surface area contributed by atoms with Crippen LogP contribution in [-0.2, 0) is 31.0 Å². The highest BCUT2D eigenvalue weighted by Crippen LogP contribution is 2.76. The third-order valence-corrected chi connectivity index (χ3v) is 9.49. The largest absolute Gasteiger partial charge is 0.482 e. The lowest BCUT2D eigenvalue weighted by Crippen LogP contribution is -2.81. The van der Waals surface area contributed by atoms with E-state index in [1.54, 1.807) is 27.0 Å². The van der Waals surface area contributed by atoms with Crippen LogP contribution in [0.3, 0.4) is 0 Å². The second-order valence-electron chi connectivity index (χ2n) is 10.4. The van der Waals surface area contributed by atoms with Gasteiger partial charge in [0.05, 0.1) is 5.92 Å². The van der Waals surface area contributed by atoms with Gasteiger partial charge in [0.1, 0.15) is 17.5 Å². The Morgan fingerprint density at radius 1 is 1.12 bits per heavy atom. The van der Waals surface area contributed by atoms with Crippen molar-refractivity contribution < 1.29 is 28.6 Å². The monoisotopic (exact) mass is 439 g/mol. The van der Waals surface area contributed by atoms with Gasteiger partial charge in [0.15, 0.2) is 11.5 Å². The minimum Gasteiger partial charge on any atom is -0.482 e. The standard InChI is InChI=1S/C25H29NO6/c1-13(27)17-12-23-7-8-25(17,30-4)22-24(23)9-10-26(14(2)28)19(23)11-16-5-6-18(31-15(3)29)21(32-22)20(16)24/h5-6,17,19,22H,7-12H2,1-4H3/t17-,19+,22-,23-,24+,25-/m0/s1. The topological polar surface area (TPSA) is 82.1 Å². The van der Waals surface area contributed by atoms with Crippen LogP contribution in [0.1, 0.15) is 57.6 Å². The first kappa shape index (κ1) is 20.2. The average molecular weight is 440 g/mol. The van der Waals surface area contributed by atoms with Crippen molar-refractivity contribution in [1.29, 1.82) is 0 Å². The molecule has 1 aromatic carbocycles. The van der Waals surface area contributed by atoms with Crippen LogP contribution in [0.5, 0.6) is 11.5 Å². The molecule has 3 saturated carbocycles. The number of nitrogens with zero attached hydrogens (tertiary/aromatic N) is 1. The van der Waals surface area contributed by atoms with E-state index in [0.29, 0.717) is 30.9 Å². The predicted octanol–water partition coefficient (Wildman–Crippen LogP) is 2.56. The van der Waals surface area contributed by atoms with Gasteiger partial charge in [0, 0.05) is 49.9 Å². The Hall–Kier alpha value is -2.41. The lowest BCUT2D eigenvalue weighted by atomic mass is 9.34. The average Bonchev–Trinajstić information content (AvgIpc) is 3.11. The zero-order valence-corrected chi connectivity index (χ0v) is 19.0. The van der Waals surface area contributed by atoms with Crippen LogP contribution in [0.25, 0.3) is 0 Å². The van der Waals surface area contributed by atoms with E-state index in [4.69, 9.17) is 14.2 Å². The smallest absolute Gasteiger partial charge is 0.308 e. The van der Waals surface area contributed by atoms with Gasteiger partial charge in [-0.1, -0.05) is 6.07 Å². The molecular formula is C25H29NO6. The number of fused-ring (bicyclic) bond motifs is 2. The molecule has 4 aliphatic carbocycles. The summed E-state index contributed by atoms with van der Waals surface area (Å²) in [5, 5.41) is 0. The van der Waals surface area contributed by atoms with Crippen LogP contribution in [0.2, 0.25) is 0 Å². The summed E-state index contributed by atoms with van der Waals surface area (Å²) in [5.41, 5.74) is 0.938. The van der Waals surface area contributed by atoms with Crippen LogP contribution in [0.4, 0.5) is 0 Å². The van der Waals surface area contributed by atoms with Crippen molar-refractivity contribution in [2.45, 2.75) is 76.0 Å². The molecule has 7 heteroatoms. The maximum atomic E-state index is 12.9. The fourth-order valence-electron chi connectivity index (χ4n) is 8.53. The molecule has 1 amide bonds. The molecule has 0 unspecified atom stereocenters. The Labute approximate surface area is 187 Å². The van der Waals surface area contributed by atoms with Gasteiger partial charge in [-0.15, -0.1) is 0 Å². The van der Waals surface area contributed by atoms with Crippen molar-refractivity contribution in [3.8, 4) is 11.5 Å². The summed E-state index contributed by atoms with van der Waals surface area (Å²) >= 11 is 0. The molecule has 0 aromatic heterocycles. The molecule has 4 fully saturated rings. The summed E-state index contributed by atoms with van der Waals surface area (Å²) in [5.74, 6) is 0.587. The molecule has 2 aliphatic heterocycles. The summed E-state index contributed by atoms with van der Waals surface area (Å²) in [6.45, 7) is 5.34. The zero-order chi connectivity index (χ0) is 22.6. The highest BCUT2D eigenvalue weighted by Gasteiger charge is 2.81. The van der Waals surface area contributed by atoms with Gasteiger partial charge in [-0.3, -0.25) is 14.4 Å². The normalized spacial score (nSPS) is 39.9. The maximum absolute atomic E-state index is 12.9. The molecule has 0 N–H and O–H groups in total.